The monoisotopic (exact) mass is 403 g/mol. The van der Waals surface area contributed by atoms with Gasteiger partial charge in [-0.05, 0) is 41.7 Å². The molecule has 0 saturated heterocycles. The minimum Gasteiger partial charge on any atom is -0.486 e. The molecule has 3 rings (SSSR count). The number of ether oxygens (including phenoxy) is 2. The number of carbonyl (C=O) groups excluding carboxylic acids is 1. The number of anilines is 1. The number of aryl methyl sites for hydroxylation is 1. The fourth-order valence-electron chi connectivity index (χ4n) is 2.94. The van der Waals surface area contributed by atoms with Crippen molar-refractivity contribution in [3.05, 3.63) is 51.5 Å². The van der Waals surface area contributed by atoms with E-state index in [0.717, 1.165) is 26.9 Å². The molecule has 0 spiro atoms. The number of para-hydroxylation sites is 1. The Hall–Kier alpha value is -2.01. The first-order chi connectivity index (χ1) is 12.0. The fourth-order valence-corrected chi connectivity index (χ4v) is 3.40. The molecule has 2 aromatic carbocycles. The van der Waals surface area contributed by atoms with Crippen LogP contribution in [0.1, 0.15) is 36.5 Å². The van der Waals surface area contributed by atoms with Gasteiger partial charge < -0.3 is 14.8 Å². The van der Waals surface area contributed by atoms with Crippen LogP contribution in [0.15, 0.2) is 34.8 Å². The zero-order valence-corrected chi connectivity index (χ0v) is 16.3. The topological polar surface area (TPSA) is 47.6 Å². The van der Waals surface area contributed by atoms with Crippen LogP contribution >= 0.6 is 15.9 Å². The summed E-state index contributed by atoms with van der Waals surface area (Å²) in [5.41, 5.74) is 4.01. The first-order valence-corrected chi connectivity index (χ1v) is 9.22. The number of nitrogens with one attached hydrogen (secondary N) is 1. The summed E-state index contributed by atoms with van der Waals surface area (Å²) in [5.74, 6) is 1.70. The smallest absolute Gasteiger partial charge is 0.228 e. The second kappa shape index (κ2) is 7.48. The highest BCUT2D eigenvalue weighted by molar-refractivity contribution is 9.10. The Morgan fingerprint density at radius 2 is 1.88 bits per heavy atom. The maximum atomic E-state index is 12.6. The average Bonchev–Trinajstić information content (AvgIpc) is 2.57. The molecule has 1 amide bonds. The van der Waals surface area contributed by atoms with Gasteiger partial charge in [-0.2, -0.15) is 0 Å². The van der Waals surface area contributed by atoms with Crippen molar-refractivity contribution in [2.45, 2.75) is 33.1 Å². The molecule has 0 aliphatic carbocycles. The molecule has 2 aromatic rings. The summed E-state index contributed by atoms with van der Waals surface area (Å²) in [6.45, 7) is 7.34. The minimum absolute atomic E-state index is 0.0476. The third kappa shape index (κ3) is 3.98. The largest absolute Gasteiger partial charge is 0.486 e. The van der Waals surface area contributed by atoms with E-state index in [2.05, 4.69) is 41.2 Å². The number of halogens is 1. The van der Waals surface area contributed by atoms with Gasteiger partial charge in [0.1, 0.15) is 13.2 Å². The maximum absolute atomic E-state index is 12.6. The van der Waals surface area contributed by atoms with Crippen LogP contribution in [0.25, 0.3) is 0 Å². The number of carbonyl (C=O) groups is 1. The molecule has 1 aliphatic rings. The molecular formula is C20H22BrNO3. The predicted molar refractivity (Wildman–Crippen MR) is 103 cm³/mol. The molecule has 1 N–H and O–H groups in total. The SMILES string of the molecule is Cc1cccc(C(C)C)c1NC(=O)Cc1cc2c(cc1Br)OCCO2. The Bertz CT molecular complexity index is 802. The van der Waals surface area contributed by atoms with Crippen molar-refractivity contribution in [2.24, 2.45) is 0 Å². The quantitative estimate of drug-likeness (QED) is 0.794. The van der Waals surface area contributed by atoms with Gasteiger partial charge in [0.25, 0.3) is 0 Å². The van der Waals surface area contributed by atoms with E-state index in [1.807, 2.05) is 31.2 Å². The van der Waals surface area contributed by atoms with Gasteiger partial charge in [-0.1, -0.05) is 48.0 Å². The van der Waals surface area contributed by atoms with E-state index in [1.165, 1.54) is 0 Å². The second-order valence-electron chi connectivity index (χ2n) is 6.51. The van der Waals surface area contributed by atoms with E-state index in [9.17, 15) is 4.79 Å². The number of fused-ring (bicyclic) bond motifs is 1. The molecule has 5 heteroatoms. The average molecular weight is 404 g/mol. The van der Waals surface area contributed by atoms with Crippen LogP contribution in [-0.2, 0) is 11.2 Å². The van der Waals surface area contributed by atoms with Crippen molar-refractivity contribution in [3.63, 3.8) is 0 Å². The molecule has 1 aliphatic heterocycles. The Kier molecular flexibility index (Phi) is 5.33. The van der Waals surface area contributed by atoms with Crippen LogP contribution in [0, 0.1) is 6.92 Å². The van der Waals surface area contributed by atoms with Crippen LogP contribution in [0.5, 0.6) is 11.5 Å². The summed E-state index contributed by atoms with van der Waals surface area (Å²) in [6.07, 6.45) is 0.267. The van der Waals surface area contributed by atoms with E-state index in [-0.39, 0.29) is 12.3 Å². The summed E-state index contributed by atoms with van der Waals surface area (Å²) in [4.78, 5) is 12.6. The lowest BCUT2D eigenvalue weighted by molar-refractivity contribution is -0.115. The Morgan fingerprint density at radius 1 is 1.20 bits per heavy atom. The summed E-state index contributed by atoms with van der Waals surface area (Å²) < 4.78 is 12.0. The van der Waals surface area contributed by atoms with Gasteiger partial charge in [0, 0.05) is 10.2 Å². The molecule has 4 nitrogen and oxygen atoms in total. The van der Waals surface area contributed by atoms with Gasteiger partial charge >= 0.3 is 0 Å². The van der Waals surface area contributed by atoms with Crippen LogP contribution in [0.4, 0.5) is 5.69 Å². The van der Waals surface area contributed by atoms with Gasteiger partial charge in [0.15, 0.2) is 11.5 Å². The highest BCUT2D eigenvalue weighted by atomic mass is 79.9. The normalized spacial score (nSPS) is 13.0. The Labute approximate surface area is 156 Å². The first-order valence-electron chi connectivity index (χ1n) is 8.43. The van der Waals surface area contributed by atoms with Crippen molar-refractivity contribution in [3.8, 4) is 11.5 Å². The van der Waals surface area contributed by atoms with Crippen LogP contribution in [-0.4, -0.2) is 19.1 Å². The molecule has 0 unspecified atom stereocenters. The van der Waals surface area contributed by atoms with E-state index >= 15 is 0 Å². The van der Waals surface area contributed by atoms with Gasteiger partial charge in [-0.25, -0.2) is 0 Å². The van der Waals surface area contributed by atoms with E-state index in [1.54, 1.807) is 0 Å². The molecule has 0 aromatic heterocycles. The van der Waals surface area contributed by atoms with Crippen molar-refractivity contribution in [1.29, 1.82) is 0 Å². The third-order valence-electron chi connectivity index (χ3n) is 4.25. The molecule has 0 fully saturated rings. The van der Waals surface area contributed by atoms with Crippen molar-refractivity contribution in [1.82, 2.24) is 0 Å². The van der Waals surface area contributed by atoms with Gasteiger partial charge in [0.05, 0.1) is 6.42 Å². The molecule has 1 heterocycles. The number of hydrogen-bond donors (Lipinski definition) is 1. The van der Waals surface area contributed by atoms with Crippen LogP contribution < -0.4 is 14.8 Å². The predicted octanol–water partition coefficient (Wildman–Crippen LogP) is 4.83. The number of hydrogen-bond acceptors (Lipinski definition) is 3. The lowest BCUT2D eigenvalue weighted by atomic mass is 9.98. The van der Waals surface area contributed by atoms with E-state index < -0.39 is 0 Å². The van der Waals surface area contributed by atoms with Crippen LogP contribution in [0.2, 0.25) is 0 Å². The summed E-state index contributed by atoms with van der Waals surface area (Å²) in [7, 11) is 0. The molecule has 0 atom stereocenters. The lowest BCUT2D eigenvalue weighted by Crippen LogP contribution is -2.18. The lowest BCUT2D eigenvalue weighted by Gasteiger charge is -2.20. The van der Waals surface area contributed by atoms with E-state index in [0.29, 0.717) is 30.6 Å². The molecular weight excluding hydrogens is 382 g/mol. The highest BCUT2D eigenvalue weighted by Gasteiger charge is 2.18. The van der Waals surface area contributed by atoms with Gasteiger partial charge in [-0.15, -0.1) is 0 Å². The second-order valence-corrected chi connectivity index (χ2v) is 7.36. The summed E-state index contributed by atoms with van der Waals surface area (Å²) >= 11 is 3.53. The number of rotatable bonds is 4. The molecule has 0 radical (unpaired) electrons. The third-order valence-corrected chi connectivity index (χ3v) is 4.99. The number of amides is 1. The Balaban J connectivity index is 1.80. The highest BCUT2D eigenvalue weighted by Crippen LogP contribution is 2.36. The van der Waals surface area contributed by atoms with Gasteiger partial charge in [-0.3, -0.25) is 4.79 Å². The van der Waals surface area contributed by atoms with E-state index in [4.69, 9.17) is 9.47 Å². The summed E-state index contributed by atoms with van der Waals surface area (Å²) in [5, 5.41) is 3.08. The maximum Gasteiger partial charge on any atom is 0.228 e. The van der Waals surface area contributed by atoms with Crippen molar-refractivity contribution < 1.29 is 14.3 Å². The first kappa shape index (κ1) is 17.8. The zero-order valence-electron chi connectivity index (χ0n) is 14.7. The Morgan fingerprint density at radius 3 is 2.56 bits per heavy atom. The van der Waals surface area contributed by atoms with Crippen molar-refractivity contribution >= 4 is 27.5 Å². The fraction of sp³-hybridized carbons (Fsp3) is 0.350. The van der Waals surface area contributed by atoms with Crippen molar-refractivity contribution in [2.75, 3.05) is 18.5 Å². The molecule has 132 valence electrons. The molecule has 0 saturated carbocycles. The van der Waals surface area contributed by atoms with Crippen LogP contribution in [0.3, 0.4) is 0 Å². The molecule has 0 bridgehead atoms. The molecule has 25 heavy (non-hydrogen) atoms. The zero-order chi connectivity index (χ0) is 18.0. The minimum atomic E-state index is -0.0476. The number of benzene rings is 2. The standard InChI is InChI=1S/C20H22BrNO3/c1-12(2)15-6-4-5-13(3)20(15)22-19(23)10-14-9-17-18(11-16(14)21)25-8-7-24-17/h4-6,9,11-12H,7-8,10H2,1-3H3,(H,22,23). The van der Waals surface area contributed by atoms with Gasteiger partial charge in [0.2, 0.25) is 5.91 Å². The summed E-state index contributed by atoms with van der Waals surface area (Å²) in [6, 6.07) is 9.84.